The Bertz CT molecular complexity index is 2680. The number of aromatic nitrogens is 1. The van der Waals surface area contributed by atoms with Crippen LogP contribution in [-0.4, -0.2) is 141 Å². The van der Waals surface area contributed by atoms with E-state index >= 15 is 4.39 Å². The molecule has 338 valence electrons. The van der Waals surface area contributed by atoms with E-state index in [9.17, 15) is 19.2 Å². The molecule has 2 unspecified atom stereocenters. The van der Waals surface area contributed by atoms with Gasteiger partial charge < -0.3 is 54.6 Å². The largest absolute Gasteiger partial charge is 0.456 e. The number of fused-ring (bicyclic) bond motifs is 5. The number of ether oxygens (including phenoxy) is 1. The van der Waals surface area contributed by atoms with Gasteiger partial charge in [-0.15, -0.1) is 0 Å². The third-order valence-corrected chi connectivity index (χ3v) is 14.3. The van der Waals surface area contributed by atoms with Crippen molar-refractivity contribution in [3.63, 3.8) is 0 Å². The van der Waals surface area contributed by atoms with E-state index in [-0.39, 0.29) is 65.9 Å². The predicted molar refractivity (Wildman–Crippen MR) is 244 cm³/mol. The Kier molecular flexibility index (Phi) is 11.8. The maximum Gasteiger partial charge on any atom is 0.259 e. The van der Waals surface area contributed by atoms with Crippen molar-refractivity contribution in [3.8, 4) is 17.2 Å². The monoisotopic (exact) mass is 875 g/mol. The molecule has 3 amide bonds. The smallest absolute Gasteiger partial charge is 0.259 e. The van der Waals surface area contributed by atoms with Crippen LogP contribution >= 0.6 is 0 Å². The van der Waals surface area contributed by atoms with Crippen molar-refractivity contribution in [2.24, 2.45) is 0 Å². The van der Waals surface area contributed by atoms with Crippen molar-refractivity contribution < 1.29 is 27.9 Å². The number of carbonyl (C=O) groups is 3. The highest BCUT2D eigenvalue weighted by Crippen LogP contribution is 2.49. The summed E-state index contributed by atoms with van der Waals surface area (Å²) in [7, 11) is 4.29. The first-order chi connectivity index (χ1) is 31.1. The van der Waals surface area contributed by atoms with Crippen LogP contribution < -0.4 is 36.3 Å². The van der Waals surface area contributed by atoms with Gasteiger partial charge >= 0.3 is 0 Å². The fraction of sp³-hybridized carbons (Fsp3) is 0.500. The Balaban J connectivity index is 0.894. The molecule has 5 aliphatic heterocycles. The second-order valence-corrected chi connectivity index (χ2v) is 18.5. The molecule has 10 rings (SSSR count). The highest BCUT2D eigenvalue weighted by Gasteiger charge is 2.36. The summed E-state index contributed by atoms with van der Waals surface area (Å²) >= 11 is 0. The number of nitrogens with zero attached hydrogens (tertiary/aromatic N) is 5. The third-order valence-electron chi connectivity index (χ3n) is 14.3. The van der Waals surface area contributed by atoms with Gasteiger partial charge in [-0.2, -0.15) is 0 Å². The van der Waals surface area contributed by atoms with Gasteiger partial charge in [-0.25, -0.2) is 4.39 Å². The van der Waals surface area contributed by atoms with Crippen LogP contribution in [0, 0.1) is 5.82 Å². The lowest BCUT2D eigenvalue weighted by Gasteiger charge is -2.29. The van der Waals surface area contributed by atoms with Gasteiger partial charge in [-0.05, 0) is 110 Å². The third kappa shape index (κ3) is 8.20. The zero-order valence-electron chi connectivity index (χ0n) is 36.7. The molecule has 16 heteroatoms. The Morgan fingerprint density at radius 2 is 1.44 bits per heavy atom. The van der Waals surface area contributed by atoms with E-state index in [0.29, 0.717) is 72.7 Å². The summed E-state index contributed by atoms with van der Waals surface area (Å²) in [5.74, 6) is -0.816. The van der Waals surface area contributed by atoms with Crippen molar-refractivity contribution in [1.82, 2.24) is 40.5 Å². The quantitative estimate of drug-likeness (QED) is 0.116. The summed E-state index contributed by atoms with van der Waals surface area (Å²) in [6, 6.07) is 13.2. The molecule has 0 spiro atoms. The van der Waals surface area contributed by atoms with Gasteiger partial charge in [0.2, 0.25) is 17.2 Å². The van der Waals surface area contributed by atoms with Crippen LogP contribution in [0.4, 0.5) is 10.1 Å². The number of amides is 3. The van der Waals surface area contributed by atoms with Gasteiger partial charge in [0.15, 0.2) is 17.3 Å². The molecule has 4 saturated heterocycles. The molecule has 0 aliphatic carbocycles. The van der Waals surface area contributed by atoms with Crippen LogP contribution in [0.25, 0.3) is 38.5 Å². The average molecular weight is 876 g/mol. The molecule has 64 heavy (non-hydrogen) atoms. The standard InChI is InChI=1S/C48H58FN9O6/c1-54-17-5-7-31(54)11-15-50-24-42(59)52-29-13-19-56(26-29)45-37(49)21-35-44-47(45)64-41-22-34-33-9-3-4-10-39(33)63-40(34)23-38(41)58(44)28-36(46(35)61)48(62)57-20-14-30(27-57)53-43(60)25-51-16-12-32-8-6-18-55(32)2/h3-4,9-10,21-23,28-32,50-51H,5-8,11-20,24-27H2,1-2H3,(H,52,59)(H,53,60)/t29-,30-,31?,32?/m1/s1. The molecule has 4 N–H and O–H groups in total. The van der Waals surface area contributed by atoms with Crippen molar-refractivity contribution in [2.45, 2.75) is 75.5 Å². The van der Waals surface area contributed by atoms with E-state index in [1.165, 1.54) is 37.9 Å². The van der Waals surface area contributed by atoms with Gasteiger partial charge in [0.1, 0.15) is 27.9 Å². The first-order valence-electron chi connectivity index (χ1n) is 23.1. The van der Waals surface area contributed by atoms with E-state index in [1.807, 2.05) is 41.3 Å². The lowest BCUT2D eigenvalue weighted by molar-refractivity contribution is -0.121. The van der Waals surface area contributed by atoms with E-state index in [1.54, 1.807) is 9.47 Å². The molecular weight excluding hydrogens is 818 g/mol. The molecule has 2 aromatic heterocycles. The zero-order chi connectivity index (χ0) is 44.1. The van der Waals surface area contributed by atoms with Gasteiger partial charge in [-0.1, -0.05) is 18.2 Å². The van der Waals surface area contributed by atoms with Gasteiger partial charge in [-0.3, -0.25) is 19.2 Å². The number of nitrogens with one attached hydrogen (secondary N) is 4. The number of hydrogen-bond acceptors (Lipinski definition) is 11. The molecule has 0 radical (unpaired) electrons. The number of benzene rings is 3. The molecule has 0 bridgehead atoms. The molecule has 7 heterocycles. The Labute approximate surface area is 371 Å². The normalized spacial score (nSPS) is 22.2. The molecule has 5 aromatic rings. The van der Waals surface area contributed by atoms with E-state index in [4.69, 9.17) is 9.15 Å². The van der Waals surface area contributed by atoms with Crippen LogP contribution in [0.1, 0.15) is 61.7 Å². The minimum atomic E-state index is -0.660. The van der Waals surface area contributed by atoms with E-state index in [0.717, 1.165) is 49.8 Å². The minimum absolute atomic E-state index is 0.00953. The second kappa shape index (κ2) is 17.8. The van der Waals surface area contributed by atoms with Crippen molar-refractivity contribution in [1.29, 1.82) is 0 Å². The van der Waals surface area contributed by atoms with Crippen molar-refractivity contribution >= 4 is 56.3 Å². The highest BCUT2D eigenvalue weighted by atomic mass is 19.1. The molecule has 3 aromatic carbocycles. The van der Waals surface area contributed by atoms with Crippen LogP contribution in [0.5, 0.6) is 11.5 Å². The predicted octanol–water partition coefficient (Wildman–Crippen LogP) is 4.31. The second-order valence-electron chi connectivity index (χ2n) is 18.5. The molecule has 0 saturated carbocycles. The van der Waals surface area contributed by atoms with Crippen LogP contribution in [0.2, 0.25) is 0 Å². The van der Waals surface area contributed by atoms with Crippen LogP contribution in [0.15, 0.2) is 57.9 Å². The summed E-state index contributed by atoms with van der Waals surface area (Å²) in [6.45, 7) is 5.51. The molecular formula is C48H58FN9O6. The first-order valence-corrected chi connectivity index (χ1v) is 23.1. The minimum Gasteiger partial charge on any atom is -0.456 e. The Morgan fingerprint density at radius 1 is 0.766 bits per heavy atom. The lowest BCUT2D eigenvalue weighted by Crippen LogP contribution is -2.43. The van der Waals surface area contributed by atoms with Crippen LogP contribution in [0.3, 0.4) is 0 Å². The van der Waals surface area contributed by atoms with Crippen molar-refractivity contribution in [3.05, 3.63) is 70.3 Å². The summed E-state index contributed by atoms with van der Waals surface area (Å²) in [6.07, 6.45) is 9.44. The number of carbonyl (C=O) groups excluding carboxylic acids is 3. The van der Waals surface area contributed by atoms with E-state index < -0.39 is 17.2 Å². The number of rotatable bonds is 14. The zero-order valence-corrected chi connectivity index (χ0v) is 36.7. The molecule has 5 aliphatic rings. The topological polar surface area (TPSA) is 157 Å². The summed E-state index contributed by atoms with van der Waals surface area (Å²) < 4.78 is 31.5. The average Bonchev–Trinajstić information content (AvgIpc) is 4.14. The van der Waals surface area contributed by atoms with Gasteiger partial charge in [0, 0.05) is 73.4 Å². The number of para-hydroxylation sites is 1. The fourth-order valence-corrected chi connectivity index (χ4v) is 10.8. The number of halogens is 1. The fourth-order valence-electron chi connectivity index (χ4n) is 10.8. The summed E-state index contributed by atoms with van der Waals surface area (Å²) in [4.78, 5) is 62.9. The number of furan rings is 1. The van der Waals surface area contributed by atoms with Crippen LogP contribution in [-0.2, 0) is 9.59 Å². The molecule has 4 fully saturated rings. The Morgan fingerprint density at radius 3 is 2.12 bits per heavy atom. The summed E-state index contributed by atoms with van der Waals surface area (Å²) in [5, 5.41) is 14.4. The SMILES string of the molecule is CN1CCCC1CCNCC(=O)N[C@@H]1CCN(C(=O)c2cn3c4c(c(N5CC[C@@H](NC(=O)CNCCC6CCCN6C)C5)c(F)cc4c2=O)Oc2cc4c(cc2-3)oc2ccccc24)C1. The maximum absolute atomic E-state index is 16.8. The number of pyridine rings is 1. The van der Waals surface area contributed by atoms with E-state index in [2.05, 4.69) is 45.2 Å². The molecule has 4 atom stereocenters. The number of hydrogen-bond donors (Lipinski definition) is 4. The highest BCUT2D eigenvalue weighted by molar-refractivity contribution is 6.07. The number of likely N-dealkylation sites (tertiary alicyclic amines) is 3. The first kappa shape index (κ1) is 42.4. The Hall–Kier alpha value is -5.55. The van der Waals surface area contributed by atoms with Crippen molar-refractivity contribution in [2.75, 3.05) is 84.4 Å². The molecule has 15 nitrogen and oxygen atoms in total. The van der Waals surface area contributed by atoms with Gasteiger partial charge in [0.05, 0.1) is 24.2 Å². The van der Waals surface area contributed by atoms with Gasteiger partial charge in [0.25, 0.3) is 5.91 Å². The summed E-state index contributed by atoms with van der Waals surface area (Å²) in [5.41, 5.74) is 1.62. The number of anilines is 1. The maximum atomic E-state index is 16.8. The lowest BCUT2D eigenvalue weighted by atomic mass is 10.0.